The first-order valence-electron chi connectivity index (χ1n) is 5.94. The van der Waals surface area contributed by atoms with Crippen LogP contribution in [0.15, 0.2) is 42.5 Å². The van der Waals surface area contributed by atoms with E-state index in [0.29, 0.717) is 6.42 Å². The van der Waals surface area contributed by atoms with Crippen LogP contribution in [0, 0.1) is 5.82 Å². The van der Waals surface area contributed by atoms with Gasteiger partial charge in [0.2, 0.25) is 0 Å². The quantitative estimate of drug-likeness (QED) is 0.498. The zero-order chi connectivity index (χ0) is 13.2. The van der Waals surface area contributed by atoms with Crippen LogP contribution in [0.3, 0.4) is 0 Å². The molecule has 4 N–H and O–H groups in total. The van der Waals surface area contributed by atoms with E-state index < -0.39 is 0 Å². The molecule has 2 aromatic carbocycles. The van der Waals surface area contributed by atoms with Crippen molar-refractivity contribution in [1.82, 2.24) is 9.97 Å². The topological polar surface area (TPSA) is 66.7 Å². The molecule has 0 aliphatic carbocycles. The smallest absolute Gasteiger partial charge is 0.123 e. The second-order valence-electron chi connectivity index (χ2n) is 4.36. The van der Waals surface area contributed by atoms with Crippen LogP contribution in [0.5, 0.6) is 0 Å². The summed E-state index contributed by atoms with van der Waals surface area (Å²) in [4.78, 5) is 7.72. The van der Waals surface area contributed by atoms with E-state index in [1.54, 1.807) is 12.1 Å². The van der Waals surface area contributed by atoms with Crippen LogP contribution >= 0.6 is 0 Å². The van der Waals surface area contributed by atoms with Gasteiger partial charge in [-0.15, -0.1) is 0 Å². The molecule has 0 amide bonds. The molecule has 0 aliphatic rings. The molecule has 0 atom stereocenters. The van der Waals surface area contributed by atoms with Gasteiger partial charge in [0, 0.05) is 6.42 Å². The third-order valence-corrected chi connectivity index (χ3v) is 2.98. The van der Waals surface area contributed by atoms with Crippen LogP contribution in [0.2, 0.25) is 0 Å². The Balaban J connectivity index is 1.90. The van der Waals surface area contributed by atoms with Crippen molar-refractivity contribution in [1.29, 1.82) is 0 Å². The van der Waals surface area contributed by atoms with Gasteiger partial charge in [-0.25, -0.2) is 9.37 Å². The van der Waals surface area contributed by atoms with Crippen molar-refractivity contribution < 1.29 is 4.39 Å². The van der Waals surface area contributed by atoms with Crippen molar-refractivity contribution in [2.75, 3.05) is 5.43 Å². The molecule has 19 heavy (non-hydrogen) atoms. The van der Waals surface area contributed by atoms with Crippen molar-refractivity contribution >= 4 is 16.7 Å². The fourth-order valence-electron chi connectivity index (χ4n) is 2.03. The number of nitrogens with one attached hydrogen (secondary N) is 2. The second kappa shape index (κ2) is 4.70. The fraction of sp³-hybridized carbons (Fsp3) is 0.0714. The van der Waals surface area contributed by atoms with E-state index in [1.165, 1.54) is 12.1 Å². The number of hydrazine groups is 1. The fourth-order valence-corrected chi connectivity index (χ4v) is 2.03. The lowest BCUT2D eigenvalue weighted by atomic mass is 10.1. The molecular formula is C14H13FN4. The molecule has 1 heterocycles. The van der Waals surface area contributed by atoms with E-state index in [9.17, 15) is 4.39 Å². The van der Waals surface area contributed by atoms with Gasteiger partial charge in [0.15, 0.2) is 0 Å². The van der Waals surface area contributed by atoms with Crippen molar-refractivity contribution in [3.05, 3.63) is 59.7 Å². The highest BCUT2D eigenvalue weighted by molar-refractivity contribution is 5.79. The molecule has 0 bridgehead atoms. The molecule has 5 heteroatoms. The number of halogens is 1. The number of benzene rings is 2. The highest BCUT2D eigenvalue weighted by atomic mass is 19.1. The van der Waals surface area contributed by atoms with Crippen LogP contribution < -0.4 is 11.3 Å². The molecule has 1 aromatic heterocycles. The number of hydrogen-bond donors (Lipinski definition) is 3. The number of fused-ring (bicyclic) bond motifs is 1. The lowest BCUT2D eigenvalue weighted by Gasteiger charge is -1.97. The van der Waals surface area contributed by atoms with Crippen LogP contribution in [0.25, 0.3) is 11.0 Å². The van der Waals surface area contributed by atoms with E-state index in [0.717, 1.165) is 28.1 Å². The van der Waals surface area contributed by atoms with Gasteiger partial charge in [0.05, 0.1) is 16.7 Å². The number of imidazole rings is 1. The summed E-state index contributed by atoms with van der Waals surface area (Å²) in [5.74, 6) is 5.98. The standard InChI is InChI=1S/C14H13FN4/c15-10-3-1-9(2-4-10)7-14-17-12-6-5-11(19-16)8-13(12)18-14/h1-6,8,19H,7,16H2,(H,17,18). The third kappa shape index (κ3) is 2.41. The molecule has 0 saturated heterocycles. The van der Waals surface area contributed by atoms with Gasteiger partial charge in [-0.3, -0.25) is 5.84 Å². The minimum absolute atomic E-state index is 0.230. The van der Waals surface area contributed by atoms with E-state index >= 15 is 0 Å². The van der Waals surface area contributed by atoms with Crippen LogP contribution in [0.1, 0.15) is 11.4 Å². The lowest BCUT2D eigenvalue weighted by molar-refractivity contribution is 0.627. The Bertz CT molecular complexity index is 703. The normalized spacial score (nSPS) is 10.8. The summed E-state index contributed by atoms with van der Waals surface area (Å²) < 4.78 is 12.8. The number of nitrogens with zero attached hydrogens (tertiary/aromatic N) is 1. The molecule has 0 saturated carbocycles. The molecule has 0 spiro atoms. The van der Waals surface area contributed by atoms with Gasteiger partial charge in [0.1, 0.15) is 11.6 Å². The number of aromatic nitrogens is 2. The Morgan fingerprint density at radius 2 is 1.95 bits per heavy atom. The highest BCUT2D eigenvalue weighted by Crippen LogP contribution is 2.18. The molecule has 0 radical (unpaired) electrons. The van der Waals surface area contributed by atoms with Crippen LogP contribution in [-0.4, -0.2) is 9.97 Å². The maximum absolute atomic E-state index is 12.8. The molecule has 3 rings (SSSR count). The third-order valence-electron chi connectivity index (χ3n) is 2.98. The first kappa shape index (κ1) is 11.7. The largest absolute Gasteiger partial charge is 0.342 e. The van der Waals surface area contributed by atoms with Gasteiger partial charge in [0.25, 0.3) is 0 Å². The number of nitrogens with two attached hydrogens (primary N) is 1. The van der Waals surface area contributed by atoms with Crippen molar-refractivity contribution in [2.24, 2.45) is 5.84 Å². The number of nitrogen functional groups attached to an aromatic ring is 1. The molecule has 4 nitrogen and oxygen atoms in total. The maximum atomic E-state index is 12.8. The van der Waals surface area contributed by atoms with Gasteiger partial charge in [-0.1, -0.05) is 12.1 Å². The zero-order valence-electron chi connectivity index (χ0n) is 10.2. The number of rotatable bonds is 3. The highest BCUT2D eigenvalue weighted by Gasteiger charge is 2.04. The van der Waals surface area contributed by atoms with E-state index in [4.69, 9.17) is 5.84 Å². The number of hydrogen-bond acceptors (Lipinski definition) is 3. The summed E-state index contributed by atoms with van der Waals surface area (Å²) in [5.41, 5.74) is 6.24. The Morgan fingerprint density at radius 1 is 1.16 bits per heavy atom. The number of aromatic amines is 1. The molecule has 0 unspecified atom stereocenters. The Kier molecular flexibility index (Phi) is 2.89. The minimum Gasteiger partial charge on any atom is -0.342 e. The molecular weight excluding hydrogens is 243 g/mol. The minimum atomic E-state index is -0.230. The SMILES string of the molecule is NNc1ccc2nc(Cc3ccc(F)cc3)[nH]c2c1. The summed E-state index contributed by atoms with van der Waals surface area (Å²) in [5, 5.41) is 0. The van der Waals surface area contributed by atoms with E-state index in [2.05, 4.69) is 15.4 Å². The molecule has 96 valence electrons. The summed E-state index contributed by atoms with van der Waals surface area (Å²) in [7, 11) is 0. The Hall–Kier alpha value is -2.40. The van der Waals surface area contributed by atoms with E-state index in [-0.39, 0.29) is 5.82 Å². The summed E-state index contributed by atoms with van der Waals surface area (Å²) in [6.07, 6.45) is 0.639. The van der Waals surface area contributed by atoms with Gasteiger partial charge >= 0.3 is 0 Å². The summed E-state index contributed by atoms with van der Waals surface area (Å²) in [6, 6.07) is 12.1. The average Bonchev–Trinajstić information content (AvgIpc) is 2.82. The first-order valence-corrected chi connectivity index (χ1v) is 5.94. The predicted octanol–water partition coefficient (Wildman–Crippen LogP) is 2.58. The first-order chi connectivity index (χ1) is 9.24. The second-order valence-corrected chi connectivity index (χ2v) is 4.36. The average molecular weight is 256 g/mol. The zero-order valence-corrected chi connectivity index (χ0v) is 10.2. The van der Waals surface area contributed by atoms with Crippen molar-refractivity contribution in [3.8, 4) is 0 Å². The predicted molar refractivity (Wildman–Crippen MR) is 73.1 cm³/mol. The summed E-state index contributed by atoms with van der Waals surface area (Å²) >= 11 is 0. The van der Waals surface area contributed by atoms with Crippen LogP contribution in [0.4, 0.5) is 10.1 Å². The summed E-state index contributed by atoms with van der Waals surface area (Å²) in [6.45, 7) is 0. The van der Waals surface area contributed by atoms with Gasteiger partial charge in [-0.05, 0) is 35.9 Å². The van der Waals surface area contributed by atoms with Gasteiger partial charge in [-0.2, -0.15) is 0 Å². The Labute approximate surface area is 109 Å². The van der Waals surface area contributed by atoms with Crippen molar-refractivity contribution in [3.63, 3.8) is 0 Å². The monoisotopic (exact) mass is 256 g/mol. The van der Waals surface area contributed by atoms with Gasteiger partial charge < -0.3 is 10.4 Å². The number of anilines is 1. The molecule has 0 fully saturated rings. The molecule has 0 aliphatic heterocycles. The molecule has 3 aromatic rings. The maximum Gasteiger partial charge on any atom is 0.123 e. The number of H-pyrrole nitrogens is 1. The van der Waals surface area contributed by atoms with Crippen molar-refractivity contribution in [2.45, 2.75) is 6.42 Å². The lowest BCUT2D eigenvalue weighted by Crippen LogP contribution is -2.05. The van der Waals surface area contributed by atoms with Crippen LogP contribution in [-0.2, 0) is 6.42 Å². The Morgan fingerprint density at radius 3 is 2.68 bits per heavy atom. The van der Waals surface area contributed by atoms with E-state index in [1.807, 2.05) is 18.2 Å².